The molecule has 14 rings (SSSR count). The molecule has 0 saturated carbocycles. The van der Waals surface area contributed by atoms with Gasteiger partial charge in [0.05, 0.1) is 61.2 Å². The predicted octanol–water partition coefficient (Wildman–Crippen LogP) is 5.80. The molecule has 0 radical (unpaired) electrons. The third kappa shape index (κ3) is 10.8. The molecule has 2 N–H and O–H groups in total. The first-order chi connectivity index (χ1) is 38.7. The minimum Gasteiger partial charge on any atom is -0.488 e. The summed E-state index contributed by atoms with van der Waals surface area (Å²) in [6, 6.07) is 26.0. The van der Waals surface area contributed by atoms with Crippen LogP contribution in [-0.4, -0.2) is 148 Å². The molecule has 0 spiro atoms. The predicted molar refractivity (Wildman–Crippen MR) is 298 cm³/mol. The number of terminal acetylenes is 2. The Labute approximate surface area is 463 Å². The zero-order valence-electron chi connectivity index (χ0n) is 44.7. The maximum atomic E-state index is 10.2. The fourth-order valence-electron chi connectivity index (χ4n) is 10.9. The quantitative estimate of drug-likeness (QED) is 0.109. The number of ether oxygens (including phenoxy) is 4. The molecule has 20 nitrogen and oxygen atoms in total. The van der Waals surface area contributed by atoms with Crippen molar-refractivity contribution in [2.24, 2.45) is 0 Å². The summed E-state index contributed by atoms with van der Waals surface area (Å²) in [4.78, 5) is 28.0. The van der Waals surface area contributed by atoms with Crippen LogP contribution in [0.5, 0.6) is 23.3 Å². The molecular weight excluding hydrogens is 1010 g/mol. The second-order valence-electron chi connectivity index (χ2n) is 21.0. The van der Waals surface area contributed by atoms with Crippen molar-refractivity contribution < 1.29 is 29.2 Å². The van der Waals surface area contributed by atoms with E-state index in [-0.39, 0.29) is 13.2 Å². The van der Waals surface area contributed by atoms with Gasteiger partial charge in [-0.05, 0) is 74.2 Å². The van der Waals surface area contributed by atoms with E-state index >= 15 is 0 Å². The summed E-state index contributed by atoms with van der Waals surface area (Å²) in [5, 5.41) is 48.3. The normalized spacial score (nSPS) is 19.8. The summed E-state index contributed by atoms with van der Waals surface area (Å²) in [7, 11) is 3.25. The summed E-state index contributed by atoms with van der Waals surface area (Å²) in [5.41, 5.74) is 4.95. The van der Waals surface area contributed by atoms with Crippen molar-refractivity contribution in [2.75, 3.05) is 63.4 Å². The number of anilines is 2. The Morgan fingerprint density at radius 2 is 0.988 bits per heavy atom. The SMILES string of the molecule is C#CC(C)(O)COc1cc(-c2ccc(N3CC4CC(C3)N4Cc3ccc(OC)nc3)nc2)c2c(C#N)cnn2c1.C#C[C@@](C)(O)COc1cc(-c2ccc(N3CC4CC(C3)N4Cc3ccc(OC)nc3)nc2)c2c(C#N)cnn2c1. The van der Waals surface area contributed by atoms with Gasteiger partial charge in [-0.15, -0.1) is 12.8 Å². The van der Waals surface area contributed by atoms with Gasteiger partial charge in [0, 0.05) is 123 Å². The van der Waals surface area contributed by atoms with E-state index < -0.39 is 11.2 Å². The molecule has 6 aliphatic rings. The smallest absolute Gasteiger partial charge is 0.212 e. The molecule has 404 valence electrons. The van der Waals surface area contributed by atoms with Crippen LogP contribution in [0, 0.1) is 47.3 Å². The largest absolute Gasteiger partial charge is 0.488 e. The van der Waals surface area contributed by atoms with Crippen LogP contribution in [0.1, 0.15) is 48.9 Å². The Balaban J connectivity index is 0.000000169. The topological polar surface area (TPSA) is 224 Å². The van der Waals surface area contributed by atoms with Crippen LogP contribution in [0.4, 0.5) is 11.6 Å². The molecule has 6 fully saturated rings. The van der Waals surface area contributed by atoms with Gasteiger partial charge >= 0.3 is 0 Å². The molecule has 14 heterocycles. The molecule has 0 aromatic carbocycles. The number of nitriles is 2. The molecular formula is C60H58N14O6. The first-order valence-corrected chi connectivity index (χ1v) is 26.2. The zero-order chi connectivity index (χ0) is 55.7. The molecule has 8 aromatic heterocycles. The number of rotatable bonds is 16. The molecule has 20 heteroatoms. The Bertz CT molecular complexity index is 3450. The molecule has 8 aromatic rings. The Morgan fingerprint density at radius 1 is 0.575 bits per heavy atom. The fraction of sp³-hybridized carbons (Fsp3) is 0.333. The molecule has 0 amide bonds. The second kappa shape index (κ2) is 21.9. The molecule has 6 aliphatic heterocycles. The van der Waals surface area contributed by atoms with E-state index in [0.717, 1.165) is 73.2 Å². The molecule has 5 unspecified atom stereocenters. The van der Waals surface area contributed by atoms with Crippen LogP contribution < -0.4 is 28.7 Å². The lowest BCUT2D eigenvalue weighted by atomic mass is 9.87. The highest BCUT2D eigenvalue weighted by atomic mass is 16.5. The zero-order valence-corrected chi connectivity index (χ0v) is 44.7. The van der Waals surface area contributed by atoms with Crippen molar-refractivity contribution in [3.05, 3.63) is 132 Å². The van der Waals surface area contributed by atoms with Crippen molar-refractivity contribution in [1.29, 1.82) is 10.5 Å². The van der Waals surface area contributed by atoms with Crippen LogP contribution >= 0.6 is 0 Å². The van der Waals surface area contributed by atoms with Gasteiger partial charge in [0.25, 0.3) is 0 Å². The maximum absolute atomic E-state index is 10.2. The van der Waals surface area contributed by atoms with Crippen LogP contribution in [0.2, 0.25) is 0 Å². The number of aliphatic hydroxyl groups is 2. The summed E-state index contributed by atoms with van der Waals surface area (Å²) < 4.78 is 25.1. The summed E-state index contributed by atoms with van der Waals surface area (Å²) in [6.07, 6.45) is 26.9. The highest BCUT2D eigenvalue weighted by Crippen LogP contribution is 2.39. The molecule has 80 heavy (non-hydrogen) atoms. The average Bonchev–Trinajstić information content (AvgIpc) is 4.13. The average molecular weight is 1070 g/mol. The standard InChI is InChI=1S/2C30H29N7O3/c2*1-4-30(2,38)19-40-25-10-26(29-22(11-31)14-34-37(29)18-25)21-6-7-27(32-13-21)35-16-23-9-24(17-35)36(23)15-20-5-8-28(39-3)33-12-20/h2*1,5-8,10,12-14,18,23-24,38H,9,15-17,19H2,2-3H3/t23?,24?,30-;/m1./s1. The highest BCUT2D eigenvalue weighted by molar-refractivity contribution is 5.86. The fourth-order valence-corrected chi connectivity index (χ4v) is 10.9. The van der Waals surface area contributed by atoms with Gasteiger partial charge in [0.2, 0.25) is 11.8 Å². The van der Waals surface area contributed by atoms with Crippen molar-refractivity contribution in [2.45, 2.75) is 75.1 Å². The van der Waals surface area contributed by atoms with E-state index in [0.29, 0.717) is 69.6 Å². The second-order valence-corrected chi connectivity index (χ2v) is 21.0. The van der Waals surface area contributed by atoms with Gasteiger partial charge in [-0.25, -0.2) is 29.0 Å². The van der Waals surface area contributed by atoms with Gasteiger partial charge in [-0.3, -0.25) is 9.80 Å². The number of aromatic nitrogens is 8. The number of hydrogen-bond donors (Lipinski definition) is 2. The summed E-state index contributed by atoms with van der Waals surface area (Å²) in [5.74, 6) is 8.66. The lowest BCUT2D eigenvalue weighted by Crippen LogP contribution is -2.68. The van der Waals surface area contributed by atoms with Gasteiger partial charge in [0.15, 0.2) is 11.2 Å². The van der Waals surface area contributed by atoms with E-state index in [1.54, 1.807) is 35.6 Å². The Morgan fingerprint density at radius 3 is 1.31 bits per heavy atom. The number of piperazine rings is 2. The lowest BCUT2D eigenvalue weighted by molar-refractivity contribution is -0.00879. The third-order valence-corrected chi connectivity index (χ3v) is 15.3. The van der Waals surface area contributed by atoms with Crippen LogP contribution in [-0.2, 0) is 13.1 Å². The van der Waals surface area contributed by atoms with E-state index in [9.17, 15) is 20.7 Å². The first-order valence-electron chi connectivity index (χ1n) is 26.2. The van der Waals surface area contributed by atoms with E-state index in [1.807, 2.05) is 73.3 Å². The number of piperidine rings is 2. The third-order valence-electron chi connectivity index (χ3n) is 15.3. The molecule has 4 bridgehead atoms. The molecule has 6 saturated heterocycles. The van der Waals surface area contributed by atoms with Gasteiger partial charge < -0.3 is 39.0 Å². The minimum absolute atomic E-state index is 0.0820. The maximum Gasteiger partial charge on any atom is 0.212 e. The van der Waals surface area contributed by atoms with Gasteiger partial charge in [-0.2, -0.15) is 20.7 Å². The number of hydrogen-bond acceptors (Lipinski definition) is 18. The lowest BCUT2D eigenvalue weighted by Gasteiger charge is -2.56. The summed E-state index contributed by atoms with van der Waals surface area (Å²) in [6.45, 7) is 8.27. The van der Waals surface area contributed by atoms with Gasteiger partial charge in [0.1, 0.15) is 48.5 Å². The minimum atomic E-state index is -1.41. The van der Waals surface area contributed by atoms with Crippen molar-refractivity contribution in [3.8, 4) is 82.3 Å². The Hall–Kier alpha value is -9.28. The summed E-state index contributed by atoms with van der Waals surface area (Å²) >= 11 is 0. The monoisotopic (exact) mass is 1070 g/mol. The van der Waals surface area contributed by atoms with Crippen molar-refractivity contribution in [3.63, 3.8) is 0 Å². The van der Waals surface area contributed by atoms with Crippen molar-refractivity contribution in [1.82, 2.24) is 49.0 Å². The number of methoxy groups -OCH3 is 2. The molecule has 6 atom stereocenters. The van der Waals surface area contributed by atoms with Crippen molar-refractivity contribution >= 4 is 22.7 Å². The van der Waals surface area contributed by atoms with Crippen LogP contribution in [0.3, 0.4) is 0 Å². The number of pyridine rings is 6. The van der Waals surface area contributed by atoms with Gasteiger partial charge in [-0.1, -0.05) is 24.0 Å². The highest BCUT2D eigenvalue weighted by Gasteiger charge is 2.46. The first kappa shape index (κ1) is 52.8. The Kier molecular flexibility index (Phi) is 14.4. The number of nitrogens with zero attached hydrogens (tertiary/aromatic N) is 14. The van der Waals surface area contributed by atoms with E-state index in [1.165, 1.54) is 50.2 Å². The van der Waals surface area contributed by atoms with E-state index in [2.05, 4.69) is 75.9 Å². The van der Waals surface area contributed by atoms with Crippen LogP contribution in [0.25, 0.3) is 33.3 Å². The molecule has 0 aliphatic carbocycles. The van der Waals surface area contributed by atoms with E-state index in [4.69, 9.17) is 41.8 Å². The number of fused-ring (bicyclic) bond motifs is 6. The van der Waals surface area contributed by atoms with Crippen LogP contribution in [0.15, 0.2) is 110 Å².